The van der Waals surface area contributed by atoms with Crippen molar-refractivity contribution in [1.29, 1.82) is 0 Å². The minimum Gasteiger partial charge on any atom is -0.392 e. The smallest absolute Gasteiger partial charge is 0.239 e. The summed E-state index contributed by atoms with van der Waals surface area (Å²) in [7, 11) is 0. The van der Waals surface area contributed by atoms with Crippen LogP contribution in [0.5, 0.6) is 0 Å². The highest BCUT2D eigenvalue weighted by Gasteiger charge is 2.32. The molecule has 0 unspecified atom stereocenters. The Labute approximate surface area is 129 Å². The molecule has 6 heteroatoms. The number of piperazine rings is 1. The lowest BCUT2D eigenvalue weighted by Crippen LogP contribution is -2.53. The fourth-order valence-electron chi connectivity index (χ4n) is 2.98. The molecule has 0 spiro atoms. The van der Waals surface area contributed by atoms with Gasteiger partial charge in [-0.2, -0.15) is 0 Å². The van der Waals surface area contributed by atoms with Crippen LogP contribution in [0.3, 0.4) is 0 Å². The first-order valence-corrected chi connectivity index (χ1v) is 7.72. The second-order valence-corrected chi connectivity index (χ2v) is 6.08. The van der Waals surface area contributed by atoms with Crippen molar-refractivity contribution >= 4 is 23.2 Å². The molecule has 0 saturated carbocycles. The van der Waals surface area contributed by atoms with Gasteiger partial charge in [-0.3, -0.25) is 4.79 Å². The van der Waals surface area contributed by atoms with Crippen LogP contribution >= 0.6 is 11.6 Å². The van der Waals surface area contributed by atoms with E-state index in [-0.39, 0.29) is 11.9 Å². The van der Waals surface area contributed by atoms with E-state index >= 15 is 0 Å². The minimum atomic E-state index is -0.397. The zero-order valence-electron chi connectivity index (χ0n) is 11.8. The lowest BCUT2D eigenvalue weighted by atomic mass is 10.1. The average Bonchev–Trinajstić information content (AvgIpc) is 2.93. The minimum absolute atomic E-state index is 0.109. The molecule has 0 bridgehead atoms. The van der Waals surface area contributed by atoms with E-state index in [1.165, 1.54) is 0 Å². The molecule has 114 valence electrons. The van der Waals surface area contributed by atoms with Gasteiger partial charge in [-0.25, -0.2) is 0 Å². The maximum atomic E-state index is 12.4. The van der Waals surface area contributed by atoms with Gasteiger partial charge in [-0.15, -0.1) is 0 Å². The van der Waals surface area contributed by atoms with Crippen LogP contribution in [0.1, 0.15) is 6.42 Å². The molecule has 2 fully saturated rings. The molecule has 5 nitrogen and oxygen atoms in total. The number of nitrogens with one attached hydrogen (secondary N) is 1. The summed E-state index contributed by atoms with van der Waals surface area (Å²) in [6.45, 7) is 3.54. The number of anilines is 1. The van der Waals surface area contributed by atoms with Crippen molar-refractivity contribution in [1.82, 2.24) is 10.2 Å². The summed E-state index contributed by atoms with van der Waals surface area (Å²) in [5, 5.41) is 13.3. The topological polar surface area (TPSA) is 55.8 Å². The SMILES string of the molecule is O=C([C@H]1C[C@H](O)CN1)N1CCN(c2cccc(Cl)c2)CC1. The van der Waals surface area contributed by atoms with E-state index in [1.54, 1.807) is 0 Å². The van der Waals surface area contributed by atoms with Gasteiger partial charge >= 0.3 is 0 Å². The van der Waals surface area contributed by atoms with Gasteiger partial charge in [0.1, 0.15) is 0 Å². The van der Waals surface area contributed by atoms with Gasteiger partial charge in [0.2, 0.25) is 5.91 Å². The van der Waals surface area contributed by atoms with Gasteiger partial charge < -0.3 is 20.2 Å². The van der Waals surface area contributed by atoms with Crippen LogP contribution in [-0.2, 0) is 4.79 Å². The molecule has 2 saturated heterocycles. The van der Waals surface area contributed by atoms with E-state index in [0.717, 1.165) is 23.8 Å². The number of halogens is 1. The Morgan fingerprint density at radius 1 is 1.29 bits per heavy atom. The monoisotopic (exact) mass is 309 g/mol. The Bertz CT molecular complexity index is 517. The molecular weight excluding hydrogens is 290 g/mol. The number of amides is 1. The van der Waals surface area contributed by atoms with Gasteiger partial charge in [0.05, 0.1) is 12.1 Å². The molecule has 2 aliphatic rings. The molecular formula is C15H20ClN3O2. The summed E-state index contributed by atoms with van der Waals surface area (Å²) in [5.74, 6) is 0.109. The zero-order valence-corrected chi connectivity index (χ0v) is 12.6. The van der Waals surface area contributed by atoms with Crippen LogP contribution in [0.4, 0.5) is 5.69 Å². The number of carbonyl (C=O) groups excluding carboxylic acids is 1. The van der Waals surface area contributed by atoms with Crippen LogP contribution < -0.4 is 10.2 Å². The van der Waals surface area contributed by atoms with Crippen LogP contribution in [-0.4, -0.2) is 60.8 Å². The van der Waals surface area contributed by atoms with Crippen molar-refractivity contribution in [3.63, 3.8) is 0 Å². The Balaban J connectivity index is 1.56. The number of hydrogen-bond donors (Lipinski definition) is 2. The first kappa shape index (κ1) is 14.6. The first-order chi connectivity index (χ1) is 10.1. The first-order valence-electron chi connectivity index (χ1n) is 7.34. The second kappa shape index (κ2) is 6.22. The van der Waals surface area contributed by atoms with E-state index in [2.05, 4.69) is 10.2 Å². The van der Waals surface area contributed by atoms with E-state index in [9.17, 15) is 9.90 Å². The number of β-amino-alcohol motifs (C(OH)–C–C–N with tert-alkyl or cyclic N) is 1. The third-order valence-corrected chi connectivity index (χ3v) is 4.41. The van der Waals surface area contributed by atoms with Crippen LogP contribution in [0.2, 0.25) is 5.02 Å². The van der Waals surface area contributed by atoms with E-state index in [4.69, 9.17) is 11.6 Å². The number of rotatable bonds is 2. The van der Waals surface area contributed by atoms with Gasteiger partial charge in [-0.05, 0) is 24.6 Å². The highest BCUT2D eigenvalue weighted by Crippen LogP contribution is 2.21. The molecule has 2 heterocycles. The summed E-state index contributed by atoms with van der Waals surface area (Å²) in [6, 6.07) is 7.57. The highest BCUT2D eigenvalue weighted by molar-refractivity contribution is 6.30. The lowest BCUT2D eigenvalue weighted by molar-refractivity contribution is -0.133. The van der Waals surface area contributed by atoms with Crippen molar-refractivity contribution in [3.05, 3.63) is 29.3 Å². The normalized spacial score (nSPS) is 26.2. The van der Waals surface area contributed by atoms with Crippen molar-refractivity contribution in [2.45, 2.75) is 18.6 Å². The van der Waals surface area contributed by atoms with Gasteiger partial charge in [0.25, 0.3) is 0 Å². The van der Waals surface area contributed by atoms with Gasteiger partial charge in [-0.1, -0.05) is 17.7 Å². The fourth-order valence-corrected chi connectivity index (χ4v) is 3.17. The number of hydrogen-bond acceptors (Lipinski definition) is 4. The summed E-state index contributed by atoms with van der Waals surface area (Å²) in [6.07, 6.45) is 0.125. The van der Waals surface area contributed by atoms with Crippen LogP contribution in [0.15, 0.2) is 24.3 Å². The maximum absolute atomic E-state index is 12.4. The Morgan fingerprint density at radius 2 is 2.05 bits per heavy atom. The molecule has 0 radical (unpaired) electrons. The summed E-state index contributed by atoms with van der Waals surface area (Å²) in [4.78, 5) is 16.5. The Morgan fingerprint density at radius 3 is 2.67 bits per heavy atom. The van der Waals surface area contributed by atoms with Gasteiger partial charge in [0.15, 0.2) is 0 Å². The number of aliphatic hydroxyl groups excluding tert-OH is 1. The fraction of sp³-hybridized carbons (Fsp3) is 0.533. The molecule has 3 rings (SSSR count). The molecule has 1 aromatic carbocycles. The molecule has 1 amide bonds. The Kier molecular flexibility index (Phi) is 4.33. The van der Waals surface area contributed by atoms with Gasteiger partial charge in [0, 0.05) is 43.4 Å². The largest absolute Gasteiger partial charge is 0.392 e. The standard InChI is InChI=1S/C15H20ClN3O2/c16-11-2-1-3-12(8-11)18-4-6-19(7-5-18)15(21)14-9-13(20)10-17-14/h1-3,8,13-14,17,20H,4-7,9-10H2/t13-,14+/m0/s1. The molecule has 21 heavy (non-hydrogen) atoms. The van der Waals surface area contributed by atoms with E-state index in [0.29, 0.717) is 26.1 Å². The molecule has 2 aliphatic heterocycles. The van der Waals surface area contributed by atoms with Crippen molar-refractivity contribution < 1.29 is 9.90 Å². The predicted octanol–water partition coefficient (Wildman–Crippen LogP) is 0.711. The highest BCUT2D eigenvalue weighted by atomic mass is 35.5. The van der Waals surface area contributed by atoms with Crippen LogP contribution in [0, 0.1) is 0 Å². The number of aliphatic hydroxyl groups is 1. The van der Waals surface area contributed by atoms with Crippen molar-refractivity contribution in [3.8, 4) is 0 Å². The summed E-state index contributed by atoms with van der Waals surface area (Å²) < 4.78 is 0. The molecule has 2 atom stereocenters. The number of nitrogens with zero attached hydrogens (tertiary/aromatic N) is 2. The molecule has 2 N–H and O–H groups in total. The zero-order chi connectivity index (χ0) is 14.8. The van der Waals surface area contributed by atoms with E-state index in [1.807, 2.05) is 29.2 Å². The molecule has 1 aromatic rings. The lowest BCUT2D eigenvalue weighted by Gasteiger charge is -2.37. The summed E-state index contributed by atoms with van der Waals surface area (Å²) in [5.41, 5.74) is 1.10. The quantitative estimate of drug-likeness (QED) is 0.845. The average molecular weight is 310 g/mol. The predicted molar refractivity (Wildman–Crippen MR) is 82.7 cm³/mol. The number of carbonyl (C=O) groups is 1. The number of benzene rings is 1. The second-order valence-electron chi connectivity index (χ2n) is 5.64. The van der Waals surface area contributed by atoms with E-state index < -0.39 is 6.10 Å². The summed E-state index contributed by atoms with van der Waals surface area (Å²) >= 11 is 6.02. The third kappa shape index (κ3) is 3.31. The van der Waals surface area contributed by atoms with Crippen molar-refractivity contribution in [2.75, 3.05) is 37.6 Å². The molecule has 0 aromatic heterocycles. The third-order valence-electron chi connectivity index (χ3n) is 4.17. The Hall–Kier alpha value is -1.30. The maximum Gasteiger partial charge on any atom is 0.239 e. The molecule has 0 aliphatic carbocycles. The van der Waals surface area contributed by atoms with Crippen molar-refractivity contribution in [2.24, 2.45) is 0 Å². The van der Waals surface area contributed by atoms with Crippen LogP contribution in [0.25, 0.3) is 0 Å².